The lowest BCUT2D eigenvalue weighted by Gasteiger charge is -2.19. The van der Waals surface area contributed by atoms with Gasteiger partial charge in [0.25, 0.3) is 0 Å². The van der Waals surface area contributed by atoms with Crippen LogP contribution in [0.3, 0.4) is 0 Å². The predicted octanol–water partition coefficient (Wildman–Crippen LogP) is 4.89. The van der Waals surface area contributed by atoms with Gasteiger partial charge in [0, 0.05) is 16.6 Å². The van der Waals surface area contributed by atoms with E-state index in [2.05, 4.69) is 5.32 Å². The van der Waals surface area contributed by atoms with Crippen LogP contribution in [0.1, 0.15) is 41.2 Å². The summed E-state index contributed by atoms with van der Waals surface area (Å²) in [5.74, 6) is 1.58. The number of hydrogen-bond acceptors (Lipinski definition) is 2. The van der Waals surface area contributed by atoms with Crippen molar-refractivity contribution in [1.29, 1.82) is 0 Å². The highest BCUT2D eigenvalue weighted by atomic mass is 35.5. The number of likely N-dealkylation sites (N-methyl/N-ethyl adjacent to an activating group) is 1. The van der Waals surface area contributed by atoms with Crippen molar-refractivity contribution in [3.8, 4) is 0 Å². The lowest BCUT2D eigenvalue weighted by atomic mass is 9.95. The third kappa shape index (κ3) is 3.47. The zero-order valence-corrected chi connectivity index (χ0v) is 13.6. The minimum absolute atomic E-state index is 0.0143. The van der Waals surface area contributed by atoms with Gasteiger partial charge in [-0.3, -0.25) is 0 Å². The van der Waals surface area contributed by atoms with E-state index in [9.17, 15) is 4.39 Å². The van der Waals surface area contributed by atoms with Crippen molar-refractivity contribution in [3.63, 3.8) is 0 Å². The van der Waals surface area contributed by atoms with E-state index in [1.807, 2.05) is 27.7 Å². The average Bonchev–Trinajstić information content (AvgIpc) is 2.67. The fraction of sp³-hybridized carbons (Fsp3) is 0.412. The summed E-state index contributed by atoms with van der Waals surface area (Å²) < 4.78 is 19.7. The van der Waals surface area contributed by atoms with Gasteiger partial charge in [0.05, 0.1) is 0 Å². The number of aryl methyl sites for hydroxylation is 2. The largest absolute Gasteiger partial charge is 0.466 e. The summed E-state index contributed by atoms with van der Waals surface area (Å²) in [6.07, 6.45) is 0.543. The summed E-state index contributed by atoms with van der Waals surface area (Å²) in [6.45, 7) is 8.79. The summed E-state index contributed by atoms with van der Waals surface area (Å²) in [7, 11) is 0. The van der Waals surface area contributed by atoms with Gasteiger partial charge >= 0.3 is 0 Å². The molecule has 2 nitrogen and oxygen atoms in total. The van der Waals surface area contributed by atoms with Crippen molar-refractivity contribution >= 4 is 11.6 Å². The molecule has 4 heteroatoms. The lowest BCUT2D eigenvalue weighted by Crippen LogP contribution is -2.24. The number of halogens is 2. The monoisotopic (exact) mass is 309 g/mol. The van der Waals surface area contributed by atoms with Gasteiger partial charge in [-0.25, -0.2) is 4.39 Å². The van der Waals surface area contributed by atoms with Crippen molar-refractivity contribution in [1.82, 2.24) is 5.32 Å². The van der Waals surface area contributed by atoms with Crippen molar-refractivity contribution in [2.24, 2.45) is 0 Å². The molecule has 0 spiro atoms. The first kappa shape index (κ1) is 16.1. The van der Waals surface area contributed by atoms with Crippen molar-refractivity contribution in [2.45, 2.75) is 40.2 Å². The fourth-order valence-electron chi connectivity index (χ4n) is 2.76. The maximum absolute atomic E-state index is 14.0. The van der Waals surface area contributed by atoms with Gasteiger partial charge in [-0.05, 0) is 63.1 Å². The highest BCUT2D eigenvalue weighted by molar-refractivity contribution is 6.30. The molecule has 0 aliphatic rings. The zero-order chi connectivity index (χ0) is 15.6. The Labute approximate surface area is 130 Å². The molecule has 114 valence electrons. The van der Waals surface area contributed by atoms with Gasteiger partial charge in [0.15, 0.2) is 0 Å². The minimum atomic E-state index is -0.224. The molecule has 0 aliphatic carbocycles. The van der Waals surface area contributed by atoms with Gasteiger partial charge in [0.2, 0.25) is 0 Å². The molecule has 0 saturated carbocycles. The maximum atomic E-state index is 14.0. The Morgan fingerprint density at radius 2 is 1.95 bits per heavy atom. The molecule has 1 N–H and O–H groups in total. The zero-order valence-electron chi connectivity index (χ0n) is 12.9. The molecule has 0 saturated heterocycles. The Balaban J connectivity index is 2.37. The second-order valence-electron chi connectivity index (χ2n) is 5.30. The first-order valence-electron chi connectivity index (χ1n) is 7.17. The molecular formula is C17H21ClFNO. The van der Waals surface area contributed by atoms with E-state index in [0.717, 1.165) is 29.2 Å². The summed E-state index contributed by atoms with van der Waals surface area (Å²) in [4.78, 5) is 0. The molecule has 1 heterocycles. The number of hydrogen-bond donors (Lipinski definition) is 1. The molecule has 1 atom stereocenters. The van der Waals surface area contributed by atoms with Crippen LogP contribution in [0.4, 0.5) is 4.39 Å². The average molecular weight is 310 g/mol. The van der Waals surface area contributed by atoms with E-state index in [-0.39, 0.29) is 11.9 Å². The van der Waals surface area contributed by atoms with Crippen LogP contribution in [-0.2, 0) is 6.42 Å². The number of rotatable bonds is 5. The molecule has 21 heavy (non-hydrogen) atoms. The Kier molecular flexibility index (Phi) is 5.07. The summed E-state index contributed by atoms with van der Waals surface area (Å²) in [5, 5.41) is 3.97. The molecule has 1 unspecified atom stereocenters. The van der Waals surface area contributed by atoms with E-state index in [0.29, 0.717) is 17.0 Å². The molecule has 0 aliphatic heterocycles. The molecule has 1 aromatic carbocycles. The van der Waals surface area contributed by atoms with Gasteiger partial charge in [0.1, 0.15) is 17.3 Å². The molecular weight excluding hydrogens is 289 g/mol. The van der Waals surface area contributed by atoms with E-state index < -0.39 is 0 Å². The van der Waals surface area contributed by atoms with E-state index >= 15 is 0 Å². The standard InChI is InChI=1S/C17H21ClFNO/c1-5-20-16(17-10(2)11(3)21-12(17)4)9-13-8-14(18)6-7-15(13)19/h6-8,16,20H,5,9H2,1-4H3. The van der Waals surface area contributed by atoms with Crippen LogP contribution < -0.4 is 5.32 Å². The minimum Gasteiger partial charge on any atom is -0.466 e. The lowest BCUT2D eigenvalue weighted by molar-refractivity contribution is 0.481. The normalized spacial score (nSPS) is 12.7. The highest BCUT2D eigenvalue weighted by Crippen LogP contribution is 2.30. The number of nitrogens with one attached hydrogen (secondary N) is 1. The highest BCUT2D eigenvalue weighted by Gasteiger charge is 2.22. The second kappa shape index (κ2) is 6.63. The summed E-state index contributed by atoms with van der Waals surface area (Å²) >= 11 is 5.98. The molecule has 2 rings (SSSR count). The Bertz CT molecular complexity index is 636. The first-order chi connectivity index (χ1) is 9.93. The number of benzene rings is 1. The summed E-state index contributed by atoms with van der Waals surface area (Å²) in [5.41, 5.74) is 2.86. The van der Waals surface area contributed by atoms with Gasteiger partial charge in [-0.2, -0.15) is 0 Å². The smallest absolute Gasteiger partial charge is 0.126 e. The van der Waals surface area contributed by atoms with Crippen LogP contribution in [-0.4, -0.2) is 6.54 Å². The van der Waals surface area contributed by atoms with E-state index in [1.54, 1.807) is 12.1 Å². The Morgan fingerprint density at radius 1 is 1.24 bits per heavy atom. The molecule has 0 radical (unpaired) electrons. The van der Waals surface area contributed by atoms with Crippen LogP contribution in [0.25, 0.3) is 0 Å². The van der Waals surface area contributed by atoms with Gasteiger partial charge in [-0.15, -0.1) is 0 Å². The topological polar surface area (TPSA) is 25.2 Å². The van der Waals surface area contributed by atoms with Gasteiger partial charge < -0.3 is 9.73 Å². The van der Waals surface area contributed by atoms with Crippen molar-refractivity contribution in [3.05, 3.63) is 57.2 Å². The van der Waals surface area contributed by atoms with E-state index in [1.165, 1.54) is 6.07 Å². The maximum Gasteiger partial charge on any atom is 0.126 e. The van der Waals surface area contributed by atoms with Crippen LogP contribution in [0.15, 0.2) is 22.6 Å². The SMILES string of the molecule is CCNC(Cc1cc(Cl)ccc1F)c1c(C)oc(C)c1C. The molecule has 0 amide bonds. The van der Waals surface area contributed by atoms with Crippen LogP contribution in [0, 0.1) is 26.6 Å². The predicted molar refractivity (Wildman–Crippen MR) is 84.5 cm³/mol. The Hall–Kier alpha value is -1.32. The van der Waals surface area contributed by atoms with Gasteiger partial charge in [-0.1, -0.05) is 18.5 Å². The molecule has 1 aromatic heterocycles. The molecule has 0 bridgehead atoms. The fourth-order valence-corrected chi connectivity index (χ4v) is 2.96. The van der Waals surface area contributed by atoms with Crippen LogP contribution in [0.5, 0.6) is 0 Å². The van der Waals surface area contributed by atoms with E-state index in [4.69, 9.17) is 16.0 Å². The van der Waals surface area contributed by atoms with Crippen LogP contribution >= 0.6 is 11.6 Å². The van der Waals surface area contributed by atoms with Crippen molar-refractivity contribution < 1.29 is 8.81 Å². The first-order valence-corrected chi connectivity index (χ1v) is 7.55. The third-order valence-corrected chi connectivity index (χ3v) is 4.08. The quantitative estimate of drug-likeness (QED) is 0.850. The van der Waals surface area contributed by atoms with Crippen LogP contribution in [0.2, 0.25) is 5.02 Å². The molecule has 2 aromatic rings. The van der Waals surface area contributed by atoms with Crippen molar-refractivity contribution in [2.75, 3.05) is 6.54 Å². The Morgan fingerprint density at radius 3 is 2.52 bits per heavy atom. The second-order valence-corrected chi connectivity index (χ2v) is 5.74. The number of furan rings is 1. The summed E-state index contributed by atoms with van der Waals surface area (Å²) in [6, 6.07) is 4.70. The molecule has 0 fully saturated rings. The third-order valence-electron chi connectivity index (χ3n) is 3.85.